The zero-order chi connectivity index (χ0) is 13.7. The SMILES string of the molecule is Cc1nn(C)c(C)c1/C=C/C(=O)NCCC(=O)O. The Bertz CT molecular complexity index is 489. The number of nitrogens with zero attached hydrogens (tertiary/aromatic N) is 2. The number of nitrogens with one attached hydrogen (secondary N) is 1. The van der Waals surface area contributed by atoms with Crippen molar-refractivity contribution in [3.05, 3.63) is 23.0 Å². The molecule has 0 aliphatic carbocycles. The lowest BCUT2D eigenvalue weighted by Crippen LogP contribution is -2.23. The lowest BCUT2D eigenvalue weighted by Gasteiger charge is -1.98. The van der Waals surface area contributed by atoms with Crippen molar-refractivity contribution in [1.29, 1.82) is 0 Å². The van der Waals surface area contributed by atoms with Crippen molar-refractivity contribution in [2.24, 2.45) is 7.05 Å². The van der Waals surface area contributed by atoms with E-state index < -0.39 is 5.97 Å². The van der Waals surface area contributed by atoms with E-state index in [-0.39, 0.29) is 18.9 Å². The van der Waals surface area contributed by atoms with Crippen LogP contribution < -0.4 is 5.32 Å². The van der Waals surface area contributed by atoms with Crippen LogP contribution in [0, 0.1) is 13.8 Å². The van der Waals surface area contributed by atoms with E-state index in [1.807, 2.05) is 20.9 Å². The molecule has 0 aliphatic heterocycles. The van der Waals surface area contributed by atoms with E-state index in [1.54, 1.807) is 10.8 Å². The first-order chi connectivity index (χ1) is 8.41. The number of aryl methyl sites for hydroxylation is 2. The molecule has 0 aromatic carbocycles. The summed E-state index contributed by atoms with van der Waals surface area (Å²) in [5, 5.41) is 15.2. The Balaban J connectivity index is 2.58. The fourth-order valence-electron chi connectivity index (χ4n) is 1.54. The molecular weight excluding hydrogens is 234 g/mol. The lowest BCUT2D eigenvalue weighted by atomic mass is 10.2. The van der Waals surface area contributed by atoms with E-state index in [2.05, 4.69) is 10.4 Å². The fourth-order valence-corrected chi connectivity index (χ4v) is 1.54. The zero-order valence-electron chi connectivity index (χ0n) is 10.7. The minimum absolute atomic E-state index is 0.0788. The summed E-state index contributed by atoms with van der Waals surface area (Å²) in [6.45, 7) is 3.92. The van der Waals surface area contributed by atoms with Gasteiger partial charge in [0.2, 0.25) is 5.91 Å². The van der Waals surface area contributed by atoms with Crippen molar-refractivity contribution in [1.82, 2.24) is 15.1 Å². The molecule has 0 spiro atoms. The van der Waals surface area contributed by atoms with Gasteiger partial charge in [-0.3, -0.25) is 14.3 Å². The number of aromatic nitrogens is 2. The van der Waals surface area contributed by atoms with Crippen LogP contribution in [0.5, 0.6) is 0 Å². The molecule has 0 atom stereocenters. The van der Waals surface area contributed by atoms with E-state index in [0.717, 1.165) is 17.0 Å². The van der Waals surface area contributed by atoms with E-state index in [9.17, 15) is 9.59 Å². The van der Waals surface area contributed by atoms with E-state index in [0.29, 0.717) is 0 Å². The lowest BCUT2D eigenvalue weighted by molar-refractivity contribution is -0.136. The number of carboxylic acids is 1. The average molecular weight is 251 g/mol. The molecule has 0 fully saturated rings. The monoisotopic (exact) mass is 251 g/mol. The highest BCUT2D eigenvalue weighted by Gasteiger charge is 2.06. The highest BCUT2D eigenvalue weighted by Crippen LogP contribution is 2.13. The standard InChI is InChI=1S/C12H17N3O3/c1-8-10(9(2)15(3)14-8)4-5-11(16)13-7-6-12(17)18/h4-5H,6-7H2,1-3H3,(H,13,16)(H,17,18)/b5-4+. The first-order valence-corrected chi connectivity index (χ1v) is 5.59. The van der Waals surface area contributed by atoms with Gasteiger partial charge in [-0.05, 0) is 19.9 Å². The number of amides is 1. The summed E-state index contributed by atoms with van der Waals surface area (Å²) >= 11 is 0. The molecule has 0 radical (unpaired) electrons. The first kappa shape index (κ1) is 14.0. The molecule has 1 heterocycles. The van der Waals surface area contributed by atoms with E-state index >= 15 is 0 Å². The van der Waals surface area contributed by atoms with Crippen LogP contribution in [0.25, 0.3) is 6.08 Å². The Hall–Kier alpha value is -2.11. The Labute approximate surface area is 105 Å². The van der Waals surface area contributed by atoms with Crippen molar-refractivity contribution in [3.8, 4) is 0 Å². The zero-order valence-corrected chi connectivity index (χ0v) is 10.7. The number of carbonyl (C=O) groups excluding carboxylic acids is 1. The molecule has 0 bridgehead atoms. The molecule has 0 aliphatic rings. The maximum atomic E-state index is 11.4. The summed E-state index contributed by atoms with van der Waals surface area (Å²) < 4.78 is 1.75. The van der Waals surface area contributed by atoms with Crippen molar-refractivity contribution < 1.29 is 14.7 Å². The Morgan fingerprint density at radius 1 is 1.44 bits per heavy atom. The number of rotatable bonds is 5. The predicted octanol–water partition coefficient (Wildman–Crippen LogP) is 0.641. The maximum Gasteiger partial charge on any atom is 0.305 e. The predicted molar refractivity (Wildman–Crippen MR) is 67.0 cm³/mol. The summed E-state index contributed by atoms with van der Waals surface area (Å²) in [5.74, 6) is -1.24. The number of aliphatic carboxylic acids is 1. The van der Waals surface area contributed by atoms with Crippen molar-refractivity contribution >= 4 is 18.0 Å². The molecule has 0 saturated heterocycles. The molecule has 98 valence electrons. The maximum absolute atomic E-state index is 11.4. The Morgan fingerprint density at radius 2 is 2.11 bits per heavy atom. The molecule has 18 heavy (non-hydrogen) atoms. The van der Waals surface area contributed by atoms with Crippen LogP contribution in [-0.2, 0) is 16.6 Å². The van der Waals surface area contributed by atoms with Crippen molar-refractivity contribution in [2.75, 3.05) is 6.54 Å². The van der Waals surface area contributed by atoms with Gasteiger partial charge in [0, 0.05) is 30.9 Å². The summed E-state index contributed by atoms with van der Waals surface area (Å²) in [7, 11) is 1.84. The highest BCUT2D eigenvalue weighted by molar-refractivity contribution is 5.92. The van der Waals surface area contributed by atoms with Gasteiger partial charge in [0.25, 0.3) is 0 Å². The Morgan fingerprint density at radius 3 is 2.61 bits per heavy atom. The molecule has 2 N–H and O–H groups in total. The van der Waals surface area contributed by atoms with E-state index in [1.165, 1.54) is 6.08 Å². The van der Waals surface area contributed by atoms with Gasteiger partial charge in [-0.2, -0.15) is 5.10 Å². The summed E-state index contributed by atoms with van der Waals surface area (Å²) in [6, 6.07) is 0. The van der Waals surface area contributed by atoms with E-state index in [4.69, 9.17) is 5.11 Å². The summed E-state index contributed by atoms with van der Waals surface area (Å²) in [5.41, 5.74) is 2.73. The molecule has 0 unspecified atom stereocenters. The van der Waals surface area contributed by atoms with Gasteiger partial charge in [0.15, 0.2) is 0 Å². The highest BCUT2D eigenvalue weighted by atomic mass is 16.4. The molecule has 6 nitrogen and oxygen atoms in total. The van der Waals surface area contributed by atoms with Gasteiger partial charge in [-0.1, -0.05) is 0 Å². The average Bonchev–Trinajstić information content (AvgIpc) is 2.50. The van der Waals surface area contributed by atoms with Crippen LogP contribution in [0.1, 0.15) is 23.4 Å². The van der Waals surface area contributed by atoms with Gasteiger partial charge in [-0.25, -0.2) is 0 Å². The number of hydrogen-bond acceptors (Lipinski definition) is 3. The van der Waals surface area contributed by atoms with Crippen LogP contribution >= 0.6 is 0 Å². The van der Waals surface area contributed by atoms with Gasteiger partial charge >= 0.3 is 5.97 Å². The molecular formula is C12H17N3O3. The van der Waals surface area contributed by atoms with Crippen LogP contribution in [0.3, 0.4) is 0 Å². The Kier molecular flexibility index (Phi) is 4.65. The van der Waals surface area contributed by atoms with Gasteiger partial charge in [-0.15, -0.1) is 0 Å². The minimum Gasteiger partial charge on any atom is -0.481 e. The smallest absolute Gasteiger partial charge is 0.305 e. The van der Waals surface area contributed by atoms with Gasteiger partial charge < -0.3 is 10.4 Å². The third-order valence-corrected chi connectivity index (χ3v) is 2.60. The molecule has 1 aromatic heterocycles. The third kappa shape index (κ3) is 3.73. The molecule has 1 aromatic rings. The molecule has 1 amide bonds. The summed E-state index contributed by atoms with van der Waals surface area (Å²) in [6.07, 6.45) is 3.00. The normalized spacial score (nSPS) is 10.8. The summed E-state index contributed by atoms with van der Waals surface area (Å²) in [4.78, 5) is 21.7. The molecule has 1 rings (SSSR count). The number of hydrogen-bond donors (Lipinski definition) is 2. The molecule has 6 heteroatoms. The fraction of sp³-hybridized carbons (Fsp3) is 0.417. The second-order valence-corrected chi connectivity index (χ2v) is 3.98. The quantitative estimate of drug-likeness (QED) is 0.752. The number of carbonyl (C=O) groups is 2. The van der Waals surface area contributed by atoms with Crippen LogP contribution in [-0.4, -0.2) is 33.3 Å². The first-order valence-electron chi connectivity index (χ1n) is 5.59. The van der Waals surface area contributed by atoms with Crippen LogP contribution in [0.2, 0.25) is 0 Å². The van der Waals surface area contributed by atoms with Gasteiger partial charge in [0.1, 0.15) is 0 Å². The van der Waals surface area contributed by atoms with Crippen LogP contribution in [0.4, 0.5) is 0 Å². The second-order valence-electron chi connectivity index (χ2n) is 3.98. The van der Waals surface area contributed by atoms with Crippen molar-refractivity contribution in [2.45, 2.75) is 20.3 Å². The molecule has 0 saturated carbocycles. The largest absolute Gasteiger partial charge is 0.481 e. The topological polar surface area (TPSA) is 84.2 Å². The second kappa shape index (κ2) is 6.00. The van der Waals surface area contributed by atoms with Crippen LogP contribution in [0.15, 0.2) is 6.08 Å². The minimum atomic E-state index is -0.932. The third-order valence-electron chi connectivity index (χ3n) is 2.60. The number of carboxylic acid groups (broad SMARTS) is 1. The van der Waals surface area contributed by atoms with Crippen molar-refractivity contribution in [3.63, 3.8) is 0 Å². The van der Waals surface area contributed by atoms with Gasteiger partial charge in [0.05, 0.1) is 12.1 Å².